The van der Waals surface area contributed by atoms with Crippen molar-refractivity contribution in [2.75, 3.05) is 11.9 Å². The van der Waals surface area contributed by atoms with E-state index in [4.69, 9.17) is 9.52 Å². The Labute approximate surface area is 136 Å². The Hall–Kier alpha value is -3.41. The number of fused-ring (bicyclic) bond motifs is 1. The number of carboxylic acids is 1. The van der Waals surface area contributed by atoms with Crippen molar-refractivity contribution in [2.45, 2.75) is 0 Å². The van der Waals surface area contributed by atoms with Gasteiger partial charge in [0.1, 0.15) is 17.7 Å². The molecule has 0 saturated carbocycles. The smallest absolute Gasteiger partial charge is 0.347 e. The summed E-state index contributed by atoms with van der Waals surface area (Å²) in [5, 5.41) is 12.1. The number of carbonyl (C=O) groups is 2. The number of para-hydroxylation sites is 2. The van der Waals surface area contributed by atoms with Gasteiger partial charge in [-0.15, -0.1) is 0 Å². The minimum atomic E-state index is -1.05. The summed E-state index contributed by atoms with van der Waals surface area (Å²) in [6.07, 6.45) is 0. The number of hydrogen-bond donors (Lipinski definition) is 2. The summed E-state index contributed by atoms with van der Waals surface area (Å²) < 4.78 is 5.18. The fourth-order valence-corrected chi connectivity index (χ4v) is 2.37. The highest BCUT2D eigenvalue weighted by atomic mass is 16.4. The van der Waals surface area contributed by atoms with E-state index in [9.17, 15) is 14.4 Å². The molecule has 0 saturated heterocycles. The zero-order chi connectivity index (χ0) is 17.1. The largest absolute Gasteiger partial charge is 0.480 e. The van der Waals surface area contributed by atoms with Gasteiger partial charge < -0.3 is 14.8 Å². The third-order valence-corrected chi connectivity index (χ3v) is 3.49. The highest BCUT2D eigenvalue weighted by molar-refractivity contribution is 6.13. The van der Waals surface area contributed by atoms with Crippen LogP contribution in [0.4, 0.5) is 5.69 Å². The lowest BCUT2D eigenvalue weighted by Gasteiger charge is -2.09. The number of ketones is 1. The van der Waals surface area contributed by atoms with Crippen molar-refractivity contribution in [2.24, 2.45) is 0 Å². The van der Waals surface area contributed by atoms with E-state index < -0.39 is 17.4 Å². The van der Waals surface area contributed by atoms with Crippen LogP contribution in [0.1, 0.15) is 15.9 Å². The van der Waals surface area contributed by atoms with Gasteiger partial charge in [0.25, 0.3) is 0 Å². The number of nitrogens with one attached hydrogen (secondary N) is 1. The fraction of sp³-hybridized carbons (Fsp3) is 0.0556. The summed E-state index contributed by atoms with van der Waals surface area (Å²) in [5.74, 6) is -1.58. The van der Waals surface area contributed by atoms with Crippen molar-refractivity contribution >= 4 is 28.4 Å². The number of benzene rings is 2. The average molecular weight is 323 g/mol. The molecular formula is C18H13NO5. The van der Waals surface area contributed by atoms with Gasteiger partial charge in [-0.1, -0.05) is 30.3 Å². The van der Waals surface area contributed by atoms with Crippen LogP contribution in [0.3, 0.4) is 0 Å². The summed E-state index contributed by atoms with van der Waals surface area (Å²) in [5.41, 5.74) is 0.125. The monoisotopic (exact) mass is 323 g/mol. The van der Waals surface area contributed by atoms with E-state index in [1.807, 2.05) is 0 Å². The lowest BCUT2D eigenvalue weighted by molar-refractivity contribution is -0.134. The summed E-state index contributed by atoms with van der Waals surface area (Å²) >= 11 is 0. The Morgan fingerprint density at radius 1 is 1.00 bits per heavy atom. The predicted molar refractivity (Wildman–Crippen MR) is 88.5 cm³/mol. The summed E-state index contributed by atoms with van der Waals surface area (Å²) in [6.45, 7) is -0.337. The lowest BCUT2D eigenvalue weighted by Crippen LogP contribution is -2.18. The number of aliphatic carboxylic acids is 1. The van der Waals surface area contributed by atoms with Crippen LogP contribution in [0.25, 0.3) is 11.0 Å². The maximum absolute atomic E-state index is 12.7. The molecule has 6 nitrogen and oxygen atoms in total. The first kappa shape index (κ1) is 15.5. The van der Waals surface area contributed by atoms with Crippen LogP contribution in [0.2, 0.25) is 0 Å². The first-order chi connectivity index (χ1) is 11.6. The van der Waals surface area contributed by atoms with E-state index >= 15 is 0 Å². The van der Waals surface area contributed by atoms with Gasteiger partial charge in [0.05, 0.1) is 0 Å². The Bertz CT molecular complexity index is 990. The molecule has 0 bridgehead atoms. The minimum absolute atomic E-state index is 0.0988. The van der Waals surface area contributed by atoms with E-state index in [-0.39, 0.29) is 17.7 Å². The summed E-state index contributed by atoms with van der Waals surface area (Å²) in [4.78, 5) is 35.6. The standard InChI is InChI=1S/C18H13NO5/c20-16(21)10-19-14-7-3-2-6-12(14)17(22)13-9-11-5-1-4-8-15(11)24-18(13)23/h1-9,19H,10H2,(H,20,21). The highest BCUT2D eigenvalue weighted by Gasteiger charge is 2.18. The zero-order valence-corrected chi connectivity index (χ0v) is 12.5. The Morgan fingerprint density at radius 2 is 1.71 bits per heavy atom. The van der Waals surface area contributed by atoms with Crippen LogP contribution in [0, 0.1) is 0 Å². The molecule has 0 aliphatic heterocycles. The molecule has 1 heterocycles. The molecule has 24 heavy (non-hydrogen) atoms. The van der Waals surface area contributed by atoms with Crippen molar-refractivity contribution < 1.29 is 19.1 Å². The molecule has 0 spiro atoms. The van der Waals surface area contributed by atoms with Crippen molar-refractivity contribution in [3.8, 4) is 0 Å². The van der Waals surface area contributed by atoms with Crippen LogP contribution in [-0.4, -0.2) is 23.4 Å². The van der Waals surface area contributed by atoms with E-state index in [1.54, 1.807) is 42.5 Å². The molecule has 0 fully saturated rings. The molecule has 1 aromatic heterocycles. The zero-order valence-electron chi connectivity index (χ0n) is 12.5. The number of carbonyl (C=O) groups excluding carboxylic acids is 1. The molecule has 0 radical (unpaired) electrons. The SMILES string of the molecule is O=C(O)CNc1ccccc1C(=O)c1cc2ccccc2oc1=O. The summed E-state index contributed by atoms with van der Waals surface area (Å²) in [7, 11) is 0. The molecule has 0 amide bonds. The van der Waals surface area contributed by atoms with Crippen LogP contribution in [0.15, 0.2) is 63.8 Å². The second-order valence-corrected chi connectivity index (χ2v) is 5.11. The third-order valence-electron chi connectivity index (χ3n) is 3.49. The van der Waals surface area contributed by atoms with Crippen molar-refractivity contribution in [3.63, 3.8) is 0 Å². The van der Waals surface area contributed by atoms with E-state index in [2.05, 4.69) is 5.32 Å². The van der Waals surface area contributed by atoms with Crippen molar-refractivity contribution in [1.82, 2.24) is 0 Å². The van der Waals surface area contributed by atoms with Gasteiger partial charge in [0.2, 0.25) is 5.78 Å². The molecule has 0 aliphatic carbocycles. The van der Waals surface area contributed by atoms with Gasteiger partial charge in [-0.25, -0.2) is 4.79 Å². The number of rotatable bonds is 5. The molecule has 3 rings (SSSR count). The van der Waals surface area contributed by atoms with Crippen molar-refractivity contribution in [3.05, 3.63) is 76.1 Å². The number of anilines is 1. The first-order valence-corrected chi connectivity index (χ1v) is 7.18. The molecule has 120 valence electrons. The average Bonchev–Trinajstić information content (AvgIpc) is 2.59. The Kier molecular flexibility index (Phi) is 4.11. The maximum atomic E-state index is 12.7. The Morgan fingerprint density at radius 3 is 2.50 bits per heavy atom. The minimum Gasteiger partial charge on any atom is -0.480 e. The van der Waals surface area contributed by atoms with Gasteiger partial charge in [0.15, 0.2) is 0 Å². The van der Waals surface area contributed by atoms with Gasteiger partial charge in [-0.2, -0.15) is 0 Å². The quantitative estimate of drug-likeness (QED) is 0.553. The number of hydrogen-bond acceptors (Lipinski definition) is 5. The first-order valence-electron chi connectivity index (χ1n) is 7.18. The van der Waals surface area contributed by atoms with Gasteiger partial charge >= 0.3 is 11.6 Å². The normalized spacial score (nSPS) is 10.5. The molecule has 3 aromatic rings. The fourth-order valence-electron chi connectivity index (χ4n) is 2.37. The molecule has 2 aromatic carbocycles. The molecule has 6 heteroatoms. The third kappa shape index (κ3) is 3.03. The second kappa shape index (κ2) is 6.37. The van der Waals surface area contributed by atoms with Crippen LogP contribution >= 0.6 is 0 Å². The second-order valence-electron chi connectivity index (χ2n) is 5.11. The molecule has 0 unspecified atom stereocenters. The topological polar surface area (TPSA) is 96.6 Å². The predicted octanol–water partition coefficient (Wildman–Crippen LogP) is 2.52. The van der Waals surface area contributed by atoms with Crippen molar-refractivity contribution in [1.29, 1.82) is 0 Å². The van der Waals surface area contributed by atoms with E-state index in [0.29, 0.717) is 16.7 Å². The maximum Gasteiger partial charge on any atom is 0.347 e. The lowest BCUT2D eigenvalue weighted by atomic mass is 10.0. The number of carboxylic acid groups (broad SMARTS) is 1. The highest BCUT2D eigenvalue weighted by Crippen LogP contribution is 2.20. The molecule has 0 atom stereocenters. The molecular weight excluding hydrogens is 310 g/mol. The van der Waals surface area contributed by atoms with Gasteiger partial charge in [-0.3, -0.25) is 9.59 Å². The van der Waals surface area contributed by atoms with Gasteiger partial charge in [-0.05, 0) is 24.3 Å². The van der Waals surface area contributed by atoms with Gasteiger partial charge in [0, 0.05) is 16.6 Å². The van der Waals surface area contributed by atoms with E-state index in [0.717, 1.165) is 0 Å². The van der Waals surface area contributed by atoms with Crippen LogP contribution in [0.5, 0.6) is 0 Å². The van der Waals surface area contributed by atoms with E-state index in [1.165, 1.54) is 12.1 Å². The van der Waals surface area contributed by atoms with Crippen LogP contribution in [-0.2, 0) is 4.79 Å². The molecule has 0 aliphatic rings. The molecule has 2 N–H and O–H groups in total. The van der Waals surface area contributed by atoms with Crippen LogP contribution < -0.4 is 10.9 Å². The Balaban J connectivity index is 2.05. The summed E-state index contributed by atoms with van der Waals surface area (Å²) in [6, 6.07) is 14.8.